The summed E-state index contributed by atoms with van der Waals surface area (Å²) in [5, 5.41) is 5.94. The van der Waals surface area contributed by atoms with Gasteiger partial charge < -0.3 is 5.32 Å². The molecule has 1 aromatic rings. The van der Waals surface area contributed by atoms with Gasteiger partial charge in [0, 0.05) is 23.5 Å². The van der Waals surface area contributed by atoms with Crippen LogP contribution >= 0.6 is 11.3 Å². The van der Waals surface area contributed by atoms with E-state index in [2.05, 4.69) is 28.7 Å². The second-order valence-corrected chi connectivity index (χ2v) is 6.79. The fourth-order valence-corrected chi connectivity index (χ4v) is 4.46. The molecule has 2 atom stereocenters. The molecule has 2 aliphatic rings. The molecular weight excluding hydrogens is 240 g/mol. The number of hydrogen-bond donors (Lipinski definition) is 1. The first kappa shape index (κ1) is 12.6. The van der Waals surface area contributed by atoms with Gasteiger partial charge in [0.15, 0.2) is 0 Å². The molecule has 0 bridgehead atoms. The summed E-state index contributed by atoms with van der Waals surface area (Å²) in [6, 6.07) is 3.74. The number of hydrogen-bond acceptors (Lipinski definition) is 3. The van der Waals surface area contributed by atoms with Crippen molar-refractivity contribution < 1.29 is 0 Å². The van der Waals surface area contributed by atoms with E-state index >= 15 is 0 Å². The minimum absolute atomic E-state index is 0.670. The minimum Gasteiger partial charge on any atom is -0.313 e. The number of likely N-dealkylation sites (N-methyl/N-ethyl adjacent to an activating group) is 1. The molecule has 3 heteroatoms. The molecule has 1 saturated heterocycles. The summed E-state index contributed by atoms with van der Waals surface area (Å²) in [4.78, 5) is 4.22. The van der Waals surface area contributed by atoms with Crippen molar-refractivity contribution in [3.63, 3.8) is 0 Å². The molecule has 2 heterocycles. The van der Waals surface area contributed by atoms with Crippen molar-refractivity contribution in [2.75, 3.05) is 20.1 Å². The Kier molecular flexibility index (Phi) is 4.02. The van der Waals surface area contributed by atoms with Gasteiger partial charge in [-0.05, 0) is 62.7 Å². The van der Waals surface area contributed by atoms with Crippen molar-refractivity contribution >= 4 is 11.3 Å². The third kappa shape index (κ3) is 2.63. The Bertz CT molecular complexity index is 382. The maximum absolute atomic E-state index is 3.67. The lowest BCUT2D eigenvalue weighted by Gasteiger charge is -2.35. The zero-order valence-electron chi connectivity index (χ0n) is 11.3. The quantitative estimate of drug-likeness (QED) is 0.902. The molecule has 100 valence electrons. The van der Waals surface area contributed by atoms with Crippen molar-refractivity contribution in [2.24, 2.45) is 0 Å². The molecule has 0 aromatic carbocycles. The van der Waals surface area contributed by atoms with Crippen LogP contribution in [-0.2, 0) is 6.42 Å². The van der Waals surface area contributed by atoms with E-state index < -0.39 is 0 Å². The molecule has 0 spiro atoms. The Morgan fingerprint density at radius 2 is 2.28 bits per heavy atom. The van der Waals surface area contributed by atoms with E-state index in [4.69, 9.17) is 0 Å². The van der Waals surface area contributed by atoms with Gasteiger partial charge in [0.05, 0.1) is 0 Å². The van der Waals surface area contributed by atoms with Crippen LogP contribution in [0.5, 0.6) is 0 Å². The van der Waals surface area contributed by atoms with Crippen LogP contribution in [0.2, 0.25) is 0 Å². The van der Waals surface area contributed by atoms with E-state index in [9.17, 15) is 0 Å². The van der Waals surface area contributed by atoms with E-state index in [0.29, 0.717) is 12.1 Å². The predicted molar refractivity (Wildman–Crippen MR) is 78.3 cm³/mol. The van der Waals surface area contributed by atoms with Crippen LogP contribution in [0.1, 0.15) is 48.6 Å². The van der Waals surface area contributed by atoms with Crippen molar-refractivity contribution in [1.29, 1.82) is 0 Å². The molecule has 1 fully saturated rings. The maximum atomic E-state index is 3.67. The van der Waals surface area contributed by atoms with Crippen LogP contribution in [0.4, 0.5) is 0 Å². The van der Waals surface area contributed by atoms with Gasteiger partial charge in [-0.2, -0.15) is 0 Å². The summed E-state index contributed by atoms with van der Waals surface area (Å²) in [6.07, 6.45) is 8.12. The lowest BCUT2D eigenvalue weighted by molar-refractivity contribution is 0.188. The number of rotatable bonds is 3. The summed E-state index contributed by atoms with van der Waals surface area (Å²) in [5.41, 5.74) is 1.62. The Morgan fingerprint density at radius 3 is 3.11 bits per heavy atom. The molecule has 1 aliphatic carbocycles. The highest BCUT2D eigenvalue weighted by Gasteiger charge is 2.26. The zero-order valence-corrected chi connectivity index (χ0v) is 12.1. The minimum atomic E-state index is 0.670. The Balaban J connectivity index is 1.64. The van der Waals surface area contributed by atoms with E-state index in [1.165, 1.54) is 51.6 Å². The number of thiophene rings is 1. The molecule has 3 rings (SSSR count). The molecule has 0 radical (unpaired) electrons. The molecule has 2 nitrogen and oxygen atoms in total. The summed E-state index contributed by atoms with van der Waals surface area (Å²) in [5.74, 6) is 0. The molecule has 1 aromatic heterocycles. The smallest absolute Gasteiger partial charge is 0.0356 e. The highest BCUT2D eigenvalue weighted by molar-refractivity contribution is 7.10. The van der Waals surface area contributed by atoms with Gasteiger partial charge in [-0.3, -0.25) is 4.90 Å². The second-order valence-electron chi connectivity index (χ2n) is 5.79. The SMILES string of the molecule is CN(CC1CCCCN1)C1CCCc2sccc21. The van der Waals surface area contributed by atoms with E-state index in [1.807, 2.05) is 11.3 Å². The fraction of sp³-hybridized carbons (Fsp3) is 0.733. The van der Waals surface area contributed by atoms with Gasteiger partial charge in [-0.1, -0.05) is 6.42 Å². The van der Waals surface area contributed by atoms with Gasteiger partial charge in [-0.25, -0.2) is 0 Å². The molecule has 1 N–H and O–H groups in total. The first-order valence-electron chi connectivity index (χ1n) is 7.34. The third-order valence-corrected chi connectivity index (χ3v) is 5.47. The normalized spacial score (nSPS) is 28.3. The molecule has 0 amide bonds. The first-order valence-corrected chi connectivity index (χ1v) is 8.22. The van der Waals surface area contributed by atoms with Crippen molar-refractivity contribution in [1.82, 2.24) is 10.2 Å². The van der Waals surface area contributed by atoms with Crippen LogP contribution in [0.3, 0.4) is 0 Å². The highest BCUT2D eigenvalue weighted by Crippen LogP contribution is 2.36. The summed E-state index contributed by atoms with van der Waals surface area (Å²) in [6.45, 7) is 2.42. The van der Waals surface area contributed by atoms with Crippen LogP contribution < -0.4 is 5.32 Å². The lowest BCUT2D eigenvalue weighted by Crippen LogP contribution is -2.43. The van der Waals surface area contributed by atoms with Crippen LogP contribution in [-0.4, -0.2) is 31.1 Å². The average Bonchev–Trinajstić information content (AvgIpc) is 2.87. The van der Waals surface area contributed by atoms with Gasteiger partial charge >= 0.3 is 0 Å². The first-order chi connectivity index (χ1) is 8.84. The molecule has 18 heavy (non-hydrogen) atoms. The van der Waals surface area contributed by atoms with Crippen molar-refractivity contribution in [3.05, 3.63) is 21.9 Å². The Hall–Kier alpha value is -0.380. The van der Waals surface area contributed by atoms with Crippen LogP contribution in [0.15, 0.2) is 11.4 Å². The number of piperidine rings is 1. The molecular formula is C15H24N2S. The molecule has 2 unspecified atom stereocenters. The largest absolute Gasteiger partial charge is 0.313 e. The van der Waals surface area contributed by atoms with Gasteiger partial charge in [0.1, 0.15) is 0 Å². The summed E-state index contributed by atoms with van der Waals surface area (Å²) < 4.78 is 0. The standard InChI is InChI=1S/C15H24N2S/c1-17(11-12-5-2-3-9-16-12)14-6-4-7-15-13(14)8-10-18-15/h8,10,12,14,16H,2-7,9,11H2,1H3. The summed E-state index contributed by atoms with van der Waals surface area (Å²) in [7, 11) is 2.31. The molecule has 0 saturated carbocycles. The predicted octanol–water partition coefficient (Wildman–Crippen LogP) is 3.20. The third-order valence-electron chi connectivity index (χ3n) is 4.47. The van der Waals surface area contributed by atoms with Crippen LogP contribution in [0.25, 0.3) is 0 Å². The highest BCUT2D eigenvalue weighted by atomic mass is 32.1. The monoisotopic (exact) mass is 264 g/mol. The number of nitrogens with zero attached hydrogens (tertiary/aromatic N) is 1. The average molecular weight is 264 g/mol. The maximum Gasteiger partial charge on any atom is 0.0356 e. The Labute approximate surface area is 114 Å². The van der Waals surface area contributed by atoms with Gasteiger partial charge in [0.2, 0.25) is 0 Å². The zero-order chi connectivity index (χ0) is 12.4. The van der Waals surface area contributed by atoms with Gasteiger partial charge in [-0.15, -0.1) is 11.3 Å². The fourth-order valence-electron chi connectivity index (χ4n) is 3.47. The Morgan fingerprint density at radius 1 is 1.33 bits per heavy atom. The van der Waals surface area contributed by atoms with Crippen molar-refractivity contribution in [2.45, 2.75) is 50.6 Å². The number of aryl methyl sites for hydroxylation is 1. The van der Waals surface area contributed by atoms with Crippen LogP contribution in [0, 0.1) is 0 Å². The van der Waals surface area contributed by atoms with Gasteiger partial charge in [0.25, 0.3) is 0 Å². The summed E-state index contributed by atoms with van der Waals surface area (Å²) >= 11 is 1.95. The second kappa shape index (κ2) is 5.72. The number of nitrogens with one attached hydrogen (secondary N) is 1. The molecule has 1 aliphatic heterocycles. The van der Waals surface area contributed by atoms with E-state index in [0.717, 1.165) is 0 Å². The topological polar surface area (TPSA) is 15.3 Å². The van der Waals surface area contributed by atoms with Crippen molar-refractivity contribution in [3.8, 4) is 0 Å². The lowest BCUT2D eigenvalue weighted by atomic mass is 9.92. The van der Waals surface area contributed by atoms with E-state index in [-0.39, 0.29) is 0 Å². The number of fused-ring (bicyclic) bond motifs is 1. The van der Waals surface area contributed by atoms with E-state index in [1.54, 1.807) is 10.4 Å².